The van der Waals surface area contributed by atoms with Crippen LogP contribution in [0.5, 0.6) is 0 Å². The quantitative estimate of drug-likeness (QED) is 0.707. The summed E-state index contributed by atoms with van der Waals surface area (Å²) in [4.78, 5) is 29.6. The van der Waals surface area contributed by atoms with Gasteiger partial charge >= 0.3 is 0 Å². The first kappa shape index (κ1) is 18.7. The number of hydrogen-bond acceptors (Lipinski definition) is 3. The minimum atomic E-state index is -0.0148. The summed E-state index contributed by atoms with van der Waals surface area (Å²) in [5.41, 5.74) is 1.39. The predicted molar refractivity (Wildman–Crippen MR) is 112 cm³/mol. The van der Waals surface area contributed by atoms with Crippen LogP contribution in [-0.2, 0) is 11.3 Å². The molecule has 0 spiro atoms. The molecule has 2 aromatic carbocycles. The fourth-order valence-electron chi connectivity index (χ4n) is 3.92. The number of fused-ring (bicyclic) bond motifs is 1. The van der Waals surface area contributed by atoms with Crippen molar-refractivity contribution in [1.29, 1.82) is 0 Å². The van der Waals surface area contributed by atoms with E-state index in [-0.39, 0.29) is 17.4 Å². The van der Waals surface area contributed by atoms with E-state index >= 15 is 0 Å². The van der Waals surface area contributed by atoms with Crippen LogP contribution in [-0.4, -0.2) is 15.5 Å². The van der Waals surface area contributed by atoms with Crippen molar-refractivity contribution in [3.8, 4) is 0 Å². The van der Waals surface area contributed by atoms with E-state index in [2.05, 4.69) is 10.3 Å². The summed E-state index contributed by atoms with van der Waals surface area (Å²) in [6.07, 6.45) is 5.11. The SMILES string of the molecule is O=C(Nc1ccccc1Cl)C1CCC(Cn2cnc3ccccc3c2=O)CC1. The lowest BCUT2D eigenvalue weighted by Crippen LogP contribution is -2.30. The van der Waals surface area contributed by atoms with Crippen LogP contribution in [0.3, 0.4) is 0 Å². The van der Waals surface area contributed by atoms with Crippen molar-refractivity contribution in [2.45, 2.75) is 32.2 Å². The molecule has 0 unspecified atom stereocenters. The first-order valence-electron chi connectivity index (χ1n) is 9.61. The van der Waals surface area contributed by atoms with Gasteiger partial charge in [0.25, 0.3) is 5.56 Å². The van der Waals surface area contributed by atoms with Crippen LogP contribution in [0.4, 0.5) is 5.69 Å². The third-order valence-electron chi connectivity index (χ3n) is 5.54. The maximum absolute atomic E-state index is 12.7. The van der Waals surface area contributed by atoms with Crippen molar-refractivity contribution in [2.24, 2.45) is 11.8 Å². The van der Waals surface area contributed by atoms with Gasteiger partial charge in [-0.2, -0.15) is 0 Å². The van der Waals surface area contributed by atoms with E-state index in [1.165, 1.54) is 0 Å². The van der Waals surface area contributed by atoms with Crippen LogP contribution < -0.4 is 10.9 Å². The molecule has 28 heavy (non-hydrogen) atoms. The number of rotatable bonds is 4. The van der Waals surface area contributed by atoms with E-state index in [0.717, 1.165) is 31.2 Å². The summed E-state index contributed by atoms with van der Waals surface area (Å²) in [5, 5.41) is 4.14. The fraction of sp³-hybridized carbons (Fsp3) is 0.318. The van der Waals surface area contributed by atoms with Gasteiger partial charge in [0.15, 0.2) is 0 Å². The molecule has 1 aliphatic rings. The van der Waals surface area contributed by atoms with E-state index < -0.39 is 0 Å². The van der Waals surface area contributed by atoms with Crippen molar-refractivity contribution in [1.82, 2.24) is 9.55 Å². The van der Waals surface area contributed by atoms with Gasteiger partial charge in [-0.05, 0) is 55.9 Å². The summed E-state index contributed by atoms with van der Waals surface area (Å²) in [5.74, 6) is 0.389. The number of carbonyl (C=O) groups excluding carboxylic acids is 1. The van der Waals surface area contributed by atoms with Gasteiger partial charge in [-0.3, -0.25) is 14.2 Å². The number of hydrogen-bond donors (Lipinski definition) is 1. The zero-order valence-corrected chi connectivity index (χ0v) is 16.2. The molecule has 1 amide bonds. The van der Waals surface area contributed by atoms with Crippen LogP contribution in [0.25, 0.3) is 10.9 Å². The second-order valence-corrected chi connectivity index (χ2v) is 7.81. The molecule has 1 aromatic heterocycles. The maximum Gasteiger partial charge on any atom is 0.261 e. The molecular weight excluding hydrogens is 374 g/mol. The number of anilines is 1. The standard InChI is InChI=1S/C22H22ClN3O2/c23-18-6-2-4-8-20(18)25-21(27)16-11-9-15(10-12-16)13-26-14-24-19-7-3-1-5-17(19)22(26)28/h1-8,14-16H,9-13H2,(H,25,27). The second-order valence-electron chi connectivity index (χ2n) is 7.41. The Hall–Kier alpha value is -2.66. The number of nitrogens with zero attached hydrogens (tertiary/aromatic N) is 2. The summed E-state index contributed by atoms with van der Waals surface area (Å²) in [6.45, 7) is 0.648. The van der Waals surface area contributed by atoms with Gasteiger partial charge in [-0.25, -0.2) is 4.98 Å². The molecule has 0 aliphatic heterocycles. The van der Waals surface area contributed by atoms with Gasteiger partial charge in [-0.1, -0.05) is 35.9 Å². The Morgan fingerprint density at radius 3 is 2.57 bits per heavy atom. The fourth-order valence-corrected chi connectivity index (χ4v) is 4.10. The molecule has 5 nitrogen and oxygen atoms in total. The summed E-state index contributed by atoms with van der Waals surface area (Å²) < 4.78 is 1.71. The van der Waals surface area contributed by atoms with Gasteiger partial charge in [0.1, 0.15) is 0 Å². The van der Waals surface area contributed by atoms with Crippen LogP contribution in [0, 0.1) is 11.8 Å². The van der Waals surface area contributed by atoms with Crippen molar-refractivity contribution < 1.29 is 4.79 Å². The van der Waals surface area contributed by atoms with Gasteiger partial charge in [0.2, 0.25) is 5.91 Å². The summed E-state index contributed by atoms with van der Waals surface area (Å²) >= 11 is 6.12. The zero-order chi connectivity index (χ0) is 19.5. The number of carbonyl (C=O) groups is 1. The highest BCUT2D eigenvalue weighted by Gasteiger charge is 2.27. The number of aromatic nitrogens is 2. The number of halogens is 1. The third kappa shape index (κ3) is 3.94. The Balaban J connectivity index is 1.37. The number of nitrogens with one attached hydrogen (secondary N) is 1. The smallest absolute Gasteiger partial charge is 0.261 e. The zero-order valence-electron chi connectivity index (χ0n) is 15.5. The molecule has 1 aliphatic carbocycles. The van der Waals surface area contributed by atoms with E-state index in [1.54, 1.807) is 17.0 Å². The molecule has 1 fully saturated rings. The molecule has 0 bridgehead atoms. The van der Waals surface area contributed by atoms with Gasteiger partial charge < -0.3 is 5.32 Å². The normalized spacial score (nSPS) is 19.5. The molecule has 6 heteroatoms. The Morgan fingerprint density at radius 2 is 1.79 bits per heavy atom. The lowest BCUT2D eigenvalue weighted by atomic mass is 9.81. The molecule has 0 radical (unpaired) electrons. The van der Waals surface area contributed by atoms with Crippen LogP contribution in [0.1, 0.15) is 25.7 Å². The molecule has 1 N–H and O–H groups in total. The maximum atomic E-state index is 12.7. The molecule has 144 valence electrons. The molecular formula is C22H22ClN3O2. The first-order valence-corrected chi connectivity index (χ1v) is 9.99. The van der Waals surface area contributed by atoms with E-state index in [4.69, 9.17) is 11.6 Å². The van der Waals surface area contributed by atoms with E-state index in [0.29, 0.717) is 28.6 Å². The highest BCUT2D eigenvalue weighted by Crippen LogP contribution is 2.31. The van der Waals surface area contributed by atoms with Crippen LogP contribution in [0.2, 0.25) is 5.02 Å². The topological polar surface area (TPSA) is 64.0 Å². The highest BCUT2D eigenvalue weighted by atomic mass is 35.5. The van der Waals surface area contributed by atoms with Gasteiger partial charge in [-0.15, -0.1) is 0 Å². The van der Waals surface area contributed by atoms with E-state index in [9.17, 15) is 9.59 Å². The monoisotopic (exact) mass is 395 g/mol. The minimum absolute atomic E-state index is 0.00388. The summed E-state index contributed by atoms with van der Waals surface area (Å²) in [7, 11) is 0. The number of benzene rings is 2. The largest absolute Gasteiger partial charge is 0.325 e. The Labute approximate surface area is 168 Å². The van der Waals surface area contributed by atoms with Gasteiger partial charge in [0, 0.05) is 12.5 Å². The predicted octanol–water partition coefficient (Wildman–Crippen LogP) is 4.50. The lowest BCUT2D eigenvalue weighted by molar-refractivity contribution is -0.121. The molecule has 0 saturated heterocycles. The average Bonchev–Trinajstić information content (AvgIpc) is 2.72. The van der Waals surface area contributed by atoms with E-state index in [1.807, 2.05) is 42.5 Å². The molecule has 4 rings (SSSR count). The average molecular weight is 396 g/mol. The second kappa shape index (κ2) is 8.15. The lowest BCUT2D eigenvalue weighted by Gasteiger charge is -2.28. The highest BCUT2D eigenvalue weighted by molar-refractivity contribution is 6.33. The number of para-hydroxylation sites is 2. The molecule has 1 saturated carbocycles. The Morgan fingerprint density at radius 1 is 1.07 bits per heavy atom. The van der Waals surface area contributed by atoms with Gasteiger partial charge in [0.05, 0.1) is 27.9 Å². The molecule has 1 heterocycles. The Bertz CT molecular complexity index is 1050. The van der Waals surface area contributed by atoms with Crippen molar-refractivity contribution >= 4 is 34.1 Å². The van der Waals surface area contributed by atoms with Crippen LogP contribution in [0.15, 0.2) is 59.7 Å². The van der Waals surface area contributed by atoms with Crippen molar-refractivity contribution in [3.63, 3.8) is 0 Å². The van der Waals surface area contributed by atoms with Crippen LogP contribution >= 0.6 is 11.6 Å². The number of amides is 1. The summed E-state index contributed by atoms with van der Waals surface area (Å²) in [6, 6.07) is 14.7. The first-order chi connectivity index (χ1) is 13.6. The molecule has 0 atom stereocenters. The van der Waals surface area contributed by atoms with Crippen molar-refractivity contribution in [2.75, 3.05) is 5.32 Å². The Kier molecular flexibility index (Phi) is 5.44. The molecule has 3 aromatic rings. The third-order valence-corrected chi connectivity index (χ3v) is 5.87. The minimum Gasteiger partial charge on any atom is -0.325 e. The van der Waals surface area contributed by atoms with Crippen molar-refractivity contribution in [3.05, 3.63) is 70.2 Å².